The summed E-state index contributed by atoms with van der Waals surface area (Å²) in [7, 11) is 0. The fourth-order valence-corrected chi connectivity index (χ4v) is 2.84. The molecule has 0 aromatic rings. The molecule has 0 bridgehead atoms. The van der Waals surface area contributed by atoms with Crippen LogP contribution >= 0.6 is 23.4 Å². The maximum atomic E-state index is 11.3. The average molecular weight is 222 g/mol. The van der Waals surface area contributed by atoms with Crippen LogP contribution in [0.15, 0.2) is 0 Å². The molecule has 0 aliphatic heterocycles. The molecule has 0 aromatic carbocycles. The van der Waals surface area contributed by atoms with E-state index in [9.17, 15) is 4.79 Å². The summed E-state index contributed by atoms with van der Waals surface area (Å²) in [5.41, 5.74) is 0. The lowest BCUT2D eigenvalue weighted by Gasteiger charge is -2.18. The molecule has 76 valence electrons. The van der Waals surface area contributed by atoms with E-state index in [0.29, 0.717) is 23.6 Å². The molecule has 1 N–H and O–H groups in total. The van der Waals surface area contributed by atoms with Crippen molar-refractivity contribution in [3.63, 3.8) is 0 Å². The van der Waals surface area contributed by atoms with Gasteiger partial charge >= 0.3 is 0 Å². The van der Waals surface area contributed by atoms with Gasteiger partial charge in [-0.05, 0) is 19.1 Å². The third-order valence-electron chi connectivity index (χ3n) is 2.42. The Morgan fingerprint density at radius 2 is 2.38 bits per heavy atom. The van der Waals surface area contributed by atoms with Crippen molar-refractivity contribution in [3.05, 3.63) is 0 Å². The lowest BCUT2D eigenvalue weighted by atomic mass is 10.2. The van der Waals surface area contributed by atoms with Crippen LogP contribution in [0.2, 0.25) is 0 Å². The summed E-state index contributed by atoms with van der Waals surface area (Å²) in [6.45, 7) is 0. The van der Waals surface area contributed by atoms with E-state index in [2.05, 4.69) is 11.6 Å². The zero-order valence-electron chi connectivity index (χ0n) is 7.88. The van der Waals surface area contributed by atoms with E-state index >= 15 is 0 Å². The normalized spacial score (nSPS) is 27.5. The molecular weight excluding hydrogens is 206 g/mol. The van der Waals surface area contributed by atoms with E-state index < -0.39 is 0 Å². The Hall–Kier alpha value is 0.110. The molecule has 1 rings (SSSR count). The van der Waals surface area contributed by atoms with Gasteiger partial charge in [0.05, 0.1) is 0 Å². The fraction of sp³-hybridized carbons (Fsp3) is 0.889. The first-order valence-electron chi connectivity index (χ1n) is 4.66. The summed E-state index contributed by atoms with van der Waals surface area (Å²) in [5, 5.41) is 3.65. The molecule has 0 aromatic heterocycles. The van der Waals surface area contributed by atoms with E-state index in [1.165, 1.54) is 12.8 Å². The smallest absolute Gasteiger partial charge is 0.221 e. The lowest BCUT2D eigenvalue weighted by molar-refractivity contribution is -0.121. The number of hydrogen-bond donors (Lipinski definition) is 1. The molecule has 0 radical (unpaired) electrons. The molecule has 0 spiro atoms. The molecule has 1 fully saturated rings. The molecule has 13 heavy (non-hydrogen) atoms. The Morgan fingerprint density at radius 3 is 3.00 bits per heavy atom. The number of halogens is 1. The van der Waals surface area contributed by atoms with E-state index in [0.717, 1.165) is 6.42 Å². The van der Waals surface area contributed by atoms with Gasteiger partial charge in [-0.3, -0.25) is 4.79 Å². The fourth-order valence-electron chi connectivity index (χ4n) is 1.74. The first-order chi connectivity index (χ1) is 6.27. The summed E-state index contributed by atoms with van der Waals surface area (Å²) in [5.74, 6) is 0.517. The SMILES string of the molecule is CSC1CCCC1NC(=O)CCCl. The number of rotatable bonds is 4. The molecule has 4 heteroatoms. The van der Waals surface area contributed by atoms with Crippen LogP contribution in [0.25, 0.3) is 0 Å². The molecule has 1 amide bonds. The van der Waals surface area contributed by atoms with Gasteiger partial charge in [0.25, 0.3) is 0 Å². The third-order valence-corrected chi connectivity index (χ3v) is 3.78. The van der Waals surface area contributed by atoms with E-state index in [1.807, 2.05) is 11.8 Å². The van der Waals surface area contributed by atoms with Crippen molar-refractivity contribution in [2.24, 2.45) is 0 Å². The van der Waals surface area contributed by atoms with Gasteiger partial charge in [0.1, 0.15) is 0 Å². The predicted molar refractivity (Wildman–Crippen MR) is 58.4 cm³/mol. The Labute approximate surface area is 88.8 Å². The van der Waals surface area contributed by atoms with Crippen LogP contribution < -0.4 is 5.32 Å². The lowest BCUT2D eigenvalue weighted by Crippen LogP contribution is -2.38. The van der Waals surface area contributed by atoms with Crippen LogP contribution in [0, 0.1) is 0 Å². The summed E-state index contributed by atoms with van der Waals surface area (Å²) < 4.78 is 0. The Kier molecular flexibility index (Phi) is 4.96. The van der Waals surface area contributed by atoms with Crippen LogP contribution in [-0.4, -0.2) is 29.3 Å². The second kappa shape index (κ2) is 5.76. The van der Waals surface area contributed by atoms with Gasteiger partial charge in [-0.25, -0.2) is 0 Å². The van der Waals surface area contributed by atoms with Crippen molar-refractivity contribution in [1.29, 1.82) is 0 Å². The van der Waals surface area contributed by atoms with Gasteiger partial charge in [-0.2, -0.15) is 11.8 Å². The average Bonchev–Trinajstić information content (AvgIpc) is 2.52. The van der Waals surface area contributed by atoms with Crippen molar-refractivity contribution >= 4 is 29.3 Å². The van der Waals surface area contributed by atoms with Crippen LogP contribution in [0.3, 0.4) is 0 Å². The molecule has 1 saturated carbocycles. The minimum atomic E-state index is 0.0981. The van der Waals surface area contributed by atoms with Gasteiger partial charge in [-0.15, -0.1) is 11.6 Å². The van der Waals surface area contributed by atoms with Crippen LogP contribution in [0.5, 0.6) is 0 Å². The minimum absolute atomic E-state index is 0.0981. The third kappa shape index (κ3) is 3.39. The number of thioether (sulfide) groups is 1. The Morgan fingerprint density at radius 1 is 1.62 bits per heavy atom. The van der Waals surface area contributed by atoms with Crippen molar-refractivity contribution < 1.29 is 4.79 Å². The maximum Gasteiger partial charge on any atom is 0.221 e. The summed E-state index contributed by atoms with van der Waals surface area (Å²) in [6, 6.07) is 0.380. The second-order valence-corrected chi connectivity index (χ2v) is 4.77. The highest BCUT2D eigenvalue weighted by Crippen LogP contribution is 2.28. The van der Waals surface area contributed by atoms with Gasteiger partial charge < -0.3 is 5.32 Å². The zero-order valence-corrected chi connectivity index (χ0v) is 9.46. The first kappa shape index (κ1) is 11.2. The largest absolute Gasteiger partial charge is 0.352 e. The predicted octanol–water partition coefficient (Wildman–Crippen LogP) is 2.02. The van der Waals surface area contributed by atoms with Crippen molar-refractivity contribution in [2.45, 2.75) is 37.0 Å². The number of carbonyl (C=O) groups excluding carboxylic acids is 1. The van der Waals surface area contributed by atoms with E-state index in [4.69, 9.17) is 11.6 Å². The number of carbonyl (C=O) groups is 1. The standard InChI is InChI=1S/C9H16ClNOS/c1-13-8-4-2-3-7(8)11-9(12)5-6-10/h7-8H,2-6H2,1H3,(H,11,12). The van der Waals surface area contributed by atoms with Crippen LogP contribution in [0.4, 0.5) is 0 Å². The van der Waals surface area contributed by atoms with Gasteiger partial charge in [-0.1, -0.05) is 6.42 Å². The van der Waals surface area contributed by atoms with Crippen molar-refractivity contribution in [3.8, 4) is 0 Å². The summed E-state index contributed by atoms with van der Waals surface area (Å²) in [4.78, 5) is 11.3. The number of alkyl halides is 1. The summed E-state index contributed by atoms with van der Waals surface area (Å²) in [6.07, 6.45) is 6.14. The molecule has 0 saturated heterocycles. The number of hydrogen-bond acceptors (Lipinski definition) is 2. The molecule has 2 unspecified atom stereocenters. The van der Waals surface area contributed by atoms with E-state index in [1.54, 1.807) is 0 Å². The molecule has 1 aliphatic rings. The highest BCUT2D eigenvalue weighted by Gasteiger charge is 2.27. The highest BCUT2D eigenvalue weighted by atomic mass is 35.5. The molecular formula is C9H16ClNOS. The van der Waals surface area contributed by atoms with Crippen LogP contribution in [0.1, 0.15) is 25.7 Å². The number of nitrogens with one attached hydrogen (secondary N) is 1. The monoisotopic (exact) mass is 221 g/mol. The molecule has 0 heterocycles. The van der Waals surface area contributed by atoms with Gasteiger partial charge in [0.15, 0.2) is 0 Å². The summed E-state index contributed by atoms with van der Waals surface area (Å²) >= 11 is 7.34. The maximum absolute atomic E-state index is 11.3. The zero-order chi connectivity index (χ0) is 9.68. The van der Waals surface area contributed by atoms with Crippen molar-refractivity contribution in [1.82, 2.24) is 5.32 Å². The van der Waals surface area contributed by atoms with Crippen LogP contribution in [-0.2, 0) is 4.79 Å². The quantitative estimate of drug-likeness (QED) is 0.736. The van der Waals surface area contributed by atoms with Gasteiger partial charge in [0.2, 0.25) is 5.91 Å². The Bertz CT molecular complexity index is 177. The Balaban J connectivity index is 2.30. The van der Waals surface area contributed by atoms with E-state index in [-0.39, 0.29) is 5.91 Å². The first-order valence-corrected chi connectivity index (χ1v) is 6.48. The number of amides is 1. The topological polar surface area (TPSA) is 29.1 Å². The van der Waals surface area contributed by atoms with Crippen molar-refractivity contribution in [2.75, 3.05) is 12.1 Å². The molecule has 2 atom stereocenters. The molecule has 1 aliphatic carbocycles. The van der Waals surface area contributed by atoms with Gasteiger partial charge in [0, 0.05) is 23.6 Å². The molecule has 2 nitrogen and oxygen atoms in total. The highest BCUT2D eigenvalue weighted by molar-refractivity contribution is 7.99. The minimum Gasteiger partial charge on any atom is -0.352 e. The second-order valence-electron chi connectivity index (χ2n) is 3.32.